The summed E-state index contributed by atoms with van der Waals surface area (Å²) in [6.07, 6.45) is 1.27. The van der Waals surface area contributed by atoms with Crippen LogP contribution in [-0.2, 0) is 16.6 Å². The van der Waals surface area contributed by atoms with Crippen LogP contribution in [0.25, 0.3) is 0 Å². The number of sulfonamides is 1. The molecule has 1 saturated heterocycles. The van der Waals surface area contributed by atoms with E-state index in [1.165, 1.54) is 16.1 Å². The summed E-state index contributed by atoms with van der Waals surface area (Å²) < 4.78 is 24.4. The second-order valence-corrected chi connectivity index (χ2v) is 7.12. The molecule has 0 spiro atoms. The fourth-order valence-corrected chi connectivity index (χ4v) is 3.16. The predicted octanol–water partition coefficient (Wildman–Crippen LogP) is 0.654. The Hall–Kier alpha value is -1.11. The van der Waals surface area contributed by atoms with Crippen LogP contribution in [0.15, 0.2) is 18.2 Å². The molecule has 1 aliphatic heterocycles. The van der Waals surface area contributed by atoms with E-state index in [9.17, 15) is 8.42 Å². The lowest BCUT2D eigenvalue weighted by Crippen LogP contribution is -2.47. The molecular weight excluding hydrogens is 262 g/mol. The Labute approximate surface area is 115 Å². The van der Waals surface area contributed by atoms with Crippen molar-refractivity contribution in [3.8, 4) is 0 Å². The third-order valence-corrected chi connectivity index (χ3v) is 4.80. The van der Waals surface area contributed by atoms with E-state index in [4.69, 9.17) is 5.73 Å². The molecule has 106 valence electrons. The highest BCUT2D eigenvalue weighted by molar-refractivity contribution is 7.88. The molecule has 0 radical (unpaired) electrons. The van der Waals surface area contributed by atoms with E-state index in [1.807, 2.05) is 19.1 Å². The fraction of sp³-hybridized carbons (Fsp3) is 0.538. The van der Waals surface area contributed by atoms with Gasteiger partial charge in [-0.2, -0.15) is 4.31 Å². The largest absolute Gasteiger partial charge is 0.398 e. The highest BCUT2D eigenvalue weighted by Crippen LogP contribution is 2.17. The molecule has 0 unspecified atom stereocenters. The minimum absolute atomic E-state index is 0.560. The zero-order valence-corrected chi connectivity index (χ0v) is 12.3. The molecule has 0 atom stereocenters. The second kappa shape index (κ2) is 5.48. The first kappa shape index (κ1) is 14.3. The molecule has 1 aliphatic rings. The van der Waals surface area contributed by atoms with Crippen LogP contribution in [0.4, 0.5) is 5.69 Å². The Morgan fingerprint density at radius 3 is 2.42 bits per heavy atom. The maximum atomic E-state index is 11.4. The summed E-state index contributed by atoms with van der Waals surface area (Å²) >= 11 is 0. The lowest BCUT2D eigenvalue weighted by Gasteiger charge is -2.33. The second-order valence-electron chi connectivity index (χ2n) is 5.14. The number of nitrogens with zero attached hydrogens (tertiary/aromatic N) is 2. The highest BCUT2D eigenvalue weighted by Gasteiger charge is 2.23. The zero-order valence-electron chi connectivity index (χ0n) is 11.5. The summed E-state index contributed by atoms with van der Waals surface area (Å²) in [5, 5.41) is 0. The van der Waals surface area contributed by atoms with Crippen LogP contribution in [-0.4, -0.2) is 50.1 Å². The SMILES string of the molecule is Cc1ccc(N)c(CN2CCN(S(C)(=O)=O)CC2)c1. The maximum Gasteiger partial charge on any atom is 0.211 e. The number of nitrogens with two attached hydrogens (primary N) is 1. The van der Waals surface area contributed by atoms with Crippen LogP contribution in [0.3, 0.4) is 0 Å². The van der Waals surface area contributed by atoms with Gasteiger partial charge in [-0.25, -0.2) is 8.42 Å². The summed E-state index contributed by atoms with van der Waals surface area (Å²) in [5.74, 6) is 0. The predicted molar refractivity (Wildman–Crippen MR) is 77.3 cm³/mol. The van der Waals surface area contributed by atoms with Crippen molar-refractivity contribution in [3.05, 3.63) is 29.3 Å². The number of benzene rings is 1. The third kappa shape index (κ3) is 3.68. The van der Waals surface area contributed by atoms with Crippen molar-refractivity contribution < 1.29 is 8.42 Å². The van der Waals surface area contributed by atoms with Crippen LogP contribution in [0, 0.1) is 6.92 Å². The van der Waals surface area contributed by atoms with E-state index in [-0.39, 0.29) is 0 Å². The zero-order chi connectivity index (χ0) is 14.0. The first-order valence-electron chi connectivity index (χ1n) is 6.39. The van der Waals surface area contributed by atoms with Crippen LogP contribution in [0.2, 0.25) is 0 Å². The van der Waals surface area contributed by atoms with Gasteiger partial charge in [0.25, 0.3) is 0 Å². The molecule has 1 heterocycles. The Balaban J connectivity index is 1.98. The molecule has 0 amide bonds. The lowest BCUT2D eigenvalue weighted by molar-refractivity contribution is 0.182. The fourth-order valence-electron chi connectivity index (χ4n) is 2.33. The summed E-state index contributed by atoms with van der Waals surface area (Å²) in [6, 6.07) is 6.02. The Kier molecular flexibility index (Phi) is 4.13. The van der Waals surface area contributed by atoms with Gasteiger partial charge < -0.3 is 5.73 Å². The quantitative estimate of drug-likeness (QED) is 0.827. The smallest absolute Gasteiger partial charge is 0.211 e. The molecule has 0 aromatic heterocycles. The van der Waals surface area contributed by atoms with Crippen molar-refractivity contribution in [1.82, 2.24) is 9.21 Å². The van der Waals surface area contributed by atoms with E-state index in [2.05, 4.69) is 11.0 Å². The molecule has 0 bridgehead atoms. The third-order valence-electron chi connectivity index (χ3n) is 3.49. The number of anilines is 1. The normalized spacial score (nSPS) is 18.6. The van der Waals surface area contributed by atoms with Gasteiger partial charge in [0.1, 0.15) is 0 Å². The molecule has 0 aliphatic carbocycles. The molecule has 1 fully saturated rings. The van der Waals surface area contributed by atoms with Gasteiger partial charge in [0, 0.05) is 38.4 Å². The summed E-state index contributed by atoms with van der Waals surface area (Å²) in [5.41, 5.74) is 9.08. The van der Waals surface area contributed by atoms with Crippen molar-refractivity contribution in [2.45, 2.75) is 13.5 Å². The van der Waals surface area contributed by atoms with Gasteiger partial charge >= 0.3 is 0 Å². The average Bonchev–Trinajstić information content (AvgIpc) is 2.33. The van der Waals surface area contributed by atoms with Gasteiger partial charge in [0.05, 0.1) is 6.26 Å². The van der Waals surface area contributed by atoms with Gasteiger partial charge in [0.15, 0.2) is 0 Å². The maximum absolute atomic E-state index is 11.4. The molecule has 6 heteroatoms. The van der Waals surface area contributed by atoms with Crippen molar-refractivity contribution in [3.63, 3.8) is 0 Å². The monoisotopic (exact) mass is 283 g/mol. The molecular formula is C13H21N3O2S. The molecule has 1 aromatic carbocycles. The first-order valence-corrected chi connectivity index (χ1v) is 8.23. The van der Waals surface area contributed by atoms with Crippen LogP contribution < -0.4 is 5.73 Å². The van der Waals surface area contributed by atoms with Crippen molar-refractivity contribution in [1.29, 1.82) is 0 Å². The number of hydrogen-bond donors (Lipinski definition) is 1. The Morgan fingerprint density at radius 1 is 1.21 bits per heavy atom. The molecule has 2 rings (SSSR count). The minimum atomic E-state index is -3.06. The van der Waals surface area contributed by atoms with E-state index < -0.39 is 10.0 Å². The van der Waals surface area contributed by atoms with E-state index in [0.29, 0.717) is 13.1 Å². The standard InChI is InChI=1S/C13H21N3O2S/c1-11-3-4-13(14)12(9-11)10-15-5-7-16(8-6-15)19(2,17)18/h3-4,9H,5-8,10,14H2,1-2H3. The topological polar surface area (TPSA) is 66.6 Å². The summed E-state index contributed by atoms with van der Waals surface area (Å²) in [4.78, 5) is 2.24. The minimum Gasteiger partial charge on any atom is -0.398 e. The van der Waals surface area contributed by atoms with Crippen LogP contribution >= 0.6 is 0 Å². The van der Waals surface area contributed by atoms with Gasteiger partial charge in [0.2, 0.25) is 10.0 Å². The number of rotatable bonds is 3. The van der Waals surface area contributed by atoms with Gasteiger partial charge in [-0.15, -0.1) is 0 Å². The van der Waals surface area contributed by atoms with Gasteiger partial charge in [-0.3, -0.25) is 4.90 Å². The van der Waals surface area contributed by atoms with E-state index >= 15 is 0 Å². The van der Waals surface area contributed by atoms with Crippen LogP contribution in [0.1, 0.15) is 11.1 Å². The molecule has 1 aromatic rings. The number of aryl methyl sites for hydroxylation is 1. The number of nitrogen functional groups attached to an aromatic ring is 1. The molecule has 5 nitrogen and oxygen atoms in total. The van der Waals surface area contributed by atoms with Crippen molar-refractivity contribution in [2.75, 3.05) is 38.2 Å². The summed E-state index contributed by atoms with van der Waals surface area (Å²) in [7, 11) is -3.06. The van der Waals surface area contributed by atoms with Gasteiger partial charge in [-0.1, -0.05) is 17.7 Å². The van der Waals surface area contributed by atoms with E-state index in [0.717, 1.165) is 30.9 Å². The van der Waals surface area contributed by atoms with Crippen molar-refractivity contribution >= 4 is 15.7 Å². The Morgan fingerprint density at radius 2 is 1.84 bits per heavy atom. The highest BCUT2D eigenvalue weighted by atomic mass is 32.2. The molecule has 0 saturated carbocycles. The average molecular weight is 283 g/mol. The molecule has 2 N–H and O–H groups in total. The number of piperazine rings is 1. The van der Waals surface area contributed by atoms with Gasteiger partial charge in [-0.05, 0) is 18.6 Å². The number of hydrogen-bond acceptors (Lipinski definition) is 4. The first-order chi connectivity index (χ1) is 8.86. The Bertz CT molecular complexity index is 549. The van der Waals surface area contributed by atoms with Crippen LogP contribution in [0.5, 0.6) is 0 Å². The van der Waals surface area contributed by atoms with E-state index in [1.54, 1.807) is 0 Å². The molecule has 19 heavy (non-hydrogen) atoms. The summed E-state index contributed by atoms with van der Waals surface area (Å²) in [6.45, 7) is 5.45. The van der Waals surface area contributed by atoms with Crippen molar-refractivity contribution in [2.24, 2.45) is 0 Å². The lowest BCUT2D eigenvalue weighted by atomic mass is 10.1.